The van der Waals surface area contributed by atoms with Crippen molar-refractivity contribution < 1.29 is 4.74 Å². The van der Waals surface area contributed by atoms with E-state index < -0.39 is 0 Å². The number of aromatic nitrogens is 3. The van der Waals surface area contributed by atoms with Crippen LogP contribution in [0.4, 0.5) is 0 Å². The molecule has 3 heterocycles. The Morgan fingerprint density at radius 1 is 1.17 bits per heavy atom. The lowest BCUT2D eigenvalue weighted by Gasteiger charge is -2.15. The molecule has 0 aliphatic heterocycles. The lowest BCUT2D eigenvalue weighted by molar-refractivity contribution is 0.270. The van der Waals surface area contributed by atoms with E-state index in [4.69, 9.17) is 10.5 Å². The van der Waals surface area contributed by atoms with E-state index in [1.54, 1.807) is 12.4 Å². The number of nitrogens with two attached hydrogens (primary N) is 1. The smallest absolute Gasteiger partial charge is 0.137 e. The number of hydrogen-bond acceptors (Lipinski definition) is 4. The van der Waals surface area contributed by atoms with Crippen LogP contribution in [-0.4, -0.2) is 27.2 Å². The first kappa shape index (κ1) is 15.5. The van der Waals surface area contributed by atoms with Crippen molar-refractivity contribution in [1.82, 2.24) is 14.5 Å². The van der Waals surface area contributed by atoms with Crippen LogP contribution in [0.1, 0.15) is 20.3 Å². The number of hydrogen-bond donors (Lipinski definition) is 1. The SMILES string of the molecule is CC(C)C[C@H](N)COc1ccc(-n2ccc3ncccc32)nc1. The van der Waals surface area contributed by atoms with Crippen LogP contribution in [-0.2, 0) is 0 Å². The van der Waals surface area contributed by atoms with Gasteiger partial charge in [0.2, 0.25) is 0 Å². The van der Waals surface area contributed by atoms with Gasteiger partial charge >= 0.3 is 0 Å². The predicted molar refractivity (Wildman–Crippen MR) is 91.8 cm³/mol. The molecule has 0 spiro atoms. The highest BCUT2D eigenvalue weighted by atomic mass is 16.5. The van der Waals surface area contributed by atoms with Crippen molar-refractivity contribution in [3.8, 4) is 11.6 Å². The zero-order valence-corrected chi connectivity index (χ0v) is 13.5. The number of ether oxygens (including phenoxy) is 1. The summed E-state index contributed by atoms with van der Waals surface area (Å²) in [7, 11) is 0. The topological polar surface area (TPSA) is 66.0 Å². The summed E-state index contributed by atoms with van der Waals surface area (Å²) < 4.78 is 7.73. The minimum absolute atomic E-state index is 0.0501. The van der Waals surface area contributed by atoms with Crippen molar-refractivity contribution in [3.63, 3.8) is 0 Å². The van der Waals surface area contributed by atoms with Gasteiger partial charge in [-0.2, -0.15) is 0 Å². The highest BCUT2D eigenvalue weighted by Gasteiger charge is 2.08. The van der Waals surface area contributed by atoms with Crippen LogP contribution < -0.4 is 10.5 Å². The molecule has 0 aromatic carbocycles. The Morgan fingerprint density at radius 3 is 2.78 bits per heavy atom. The summed E-state index contributed by atoms with van der Waals surface area (Å²) in [5, 5.41) is 0. The lowest BCUT2D eigenvalue weighted by Crippen LogP contribution is -2.29. The molecule has 0 radical (unpaired) electrons. The monoisotopic (exact) mass is 310 g/mol. The van der Waals surface area contributed by atoms with Crippen LogP contribution in [0.25, 0.3) is 16.9 Å². The second kappa shape index (κ2) is 6.79. The van der Waals surface area contributed by atoms with E-state index in [0.717, 1.165) is 29.0 Å². The van der Waals surface area contributed by atoms with Gasteiger partial charge in [0.15, 0.2) is 0 Å². The van der Waals surface area contributed by atoms with Gasteiger partial charge in [-0.15, -0.1) is 0 Å². The fraction of sp³-hybridized carbons (Fsp3) is 0.333. The second-order valence-electron chi connectivity index (χ2n) is 6.15. The summed E-state index contributed by atoms with van der Waals surface area (Å²) in [6.07, 6.45) is 6.45. The summed E-state index contributed by atoms with van der Waals surface area (Å²) in [5.74, 6) is 2.15. The van der Waals surface area contributed by atoms with Crippen LogP contribution in [0.2, 0.25) is 0 Å². The molecule has 5 heteroatoms. The largest absolute Gasteiger partial charge is 0.490 e. The lowest BCUT2D eigenvalue weighted by atomic mass is 10.1. The van der Waals surface area contributed by atoms with Gasteiger partial charge in [-0.3, -0.25) is 9.55 Å². The maximum Gasteiger partial charge on any atom is 0.137 e. The van der Waals surface area contributed by atoms with Gasteiger partial charge in [0.25, 0.3) is 0 Å². The maximum absolute atomic E-state index is 6.04. The number of rotatable bonds is 6. The molecule has 1 atom stereocenters. The third kappa shape index (κ3) is 3.68. The first-order valence-electron chi connectivity index (χ1n) is 7.90. The Hall–Kier alpha value is -2.40. The Kier molecular flexibility index (Phi) is 4.57. The van der Waals surface area contributed by atoms with Crippen molar-refractivity contribution in [2.24, 2.45) is 11.7 Å². The van der Waals surface area contributed by atoms with Gasteiger partial charge in [0.1, 0.15) is 18.2 Å². The summed E-state index contributed by atoms with van der Waals surface area (Å²) in [6, 6.07) is 9.84. The van der Waals surface area contributed by atoms with E-state index in [9.17, 15) is 0 Å². The van der Waals surface area contributed by atoms with Gasteiger partial charge in [0.05, 0.1) is 17.2 Å². The molecule has 3 rings (SSSR count). The average molecular weight is 310 g/mol. The molecule has 2 N–H and O–H groups in total. The van der Waals surface area contributed by atoms with E-state index in [-0.39, 0.29) is 6.04 Å². The molecule has 0 saturated heterocycles. The highest BCUT2D eigenvalue weighted by Crippen LogP contribution is 2.19. The Balaban J connectivity index is 1.70. The summed E-state index contributed by atoms with van der Waals surface area (Å²) in [6.45, 7) is 4.83. The fourth-order valence-electron chi connectivity index (χ4n) is 2.64. The third-order valence-electron chi connectivity index (χ3n) is 3.66. The molecule has 0 amide bonds. The standard InChI is InChI=1S/C18H22N4O/c1-13(2)10-14(19)12-23-15-5-6-18(21-11-15)22-9-7-16-17(22)4-3-8-20-16/h3-9,11,13-14H,10,12,19H2,1-2H3/t14-/m0/s1. The first-order valence-corrected chi connectivity index (χ1v) is 7.90. The Labute approximate surface area is 136 Å². The normalized spacial score (nSPS) is 12.7. The zero-order chi connectivity index (χ0) is 16.2. The molecule has 3 aromatic rings. The molecular formula is C18H22N4O. The number of nitrogens with zero attached hydrogens (tertiary/aromatic N) is 3. The van der Waals surface area contributed by atoms with Crippen molar-refractivity contribution in [1.29, 1.82) is 0 Å². The van der Waals surface area contributed by atoms with Gasteiger partial charge < -0.3 is 10.5 Å². The van der Waals surface area contributed by atoms with E-state index in [0.29, 0.717) is 12.5 Å². The van der Waals surface area contributed by atoms with Crippen LogP contribution in [0.5, 0.6) is 5.75 Å². The quantitative estimate of drug-likeness (QED) is 0.759. The summed E-state index contributed by atoms with van der Waals surface area (Å²) in [4.78, 5) is 8.81. The molecule has 120 valence electrons. The molecule has 0 unspecified atom stereocenters. The fourth-order valence-corrected chi connectivity index (χ4v) is 2.64. The molecular weight excluding hydrogens is 288 g/mol. The van der Waals surface area contributed by atoms with E-state index in [1.165, 1.54) is 0 Å². The first-order chi connectivity index (χ1) is 11.1. The minimum Gasteiger partial charge on any atom is -0.490 e. The van der Waals surface area contributed by atoms with E-state index >= 15 is 0 Å². The van der Waals surface area contributed by atoms with Gasteiger partial charge in [-0.05, 0) is 42.7 Å². The highest BCUT2D eigenvalue weighted by molar-refractivity contribution is 5.77. The van der Waals surface area contributed by atoms with Crippen molar-refractivity contribution in [2.75, 3.05) is 6.61 Å². The van der Waals surface area contributed by atoms with Crippen molar-refractivity contribution in [2.45, 2.75) is 26.3 Å². The molecule has 0 aliphatic rings. The van der Waals surface area contributed by atoms with Gasteiger partial charge in [0, 0.05) is 18.4 Å². The molecule has 23 heavy (non-hydrogen) atoms. The second-order valence-corrected chi connectivity index (χ2v) is 6.15. The van der Waals surface area contributed by atoms with Crippen LogP contribution in [0.3, 0.4) is 0 Å². The molecule has 0 saturated carbocycles. The molecule has 0 aliphatic carbocycles. The summed E-state index contributed by atoms with van der Waals surface area (Å²) in [5.41, 5.74) is 8.02. The van der Waals surface area contributed by atoms with Gasteiger partial charge in [-0.25, -0.2) is 4.98 Å². The average Bonchev–Trinajstić information content (AvgIpc) is 2.97. The van der Waals surface area contributed by atoms with Crippen molar-refractivity contribution >= 4 is 11.0 Å². The number of pyridine rings is 2. The third-order valence-corrected chi connectivity index (χ3v) is 3.66. The number of fused-ring (bicyclic) bond motifs is 1. The molecule has 0 fully saturated rings. The Morgan fingerprint density at radius 2 is 2.04 bits per heavy atom. The van der Waals surface area contributed by atoms with E-state index in [1.807, 2.05) is 41.1 Å². The minimum atomic E-state index is 0.0501. The zero-order valence-electron chi connectivity index (χ0n) is 13.5. The van der Waals surface area contributed by atoms with E-state index in [2.05, 4.69) is 23.8 Å². The predicted octanol–water partition coefficient (Wildman–Crippen LogP) is 3.17. The Bertz CT molecular complexity index is 764. The van der Waals surface area contributed by atoms with Crippen molar-refractivity contribution in [3.05, 3.63) is 48.9 Å². The summed E-state index contributed by atoms with van der Waals surface area (Å²) >= 11 is 0. The van der Waals surface area contributed by atoms with Gasteiger partial charge in [-0.1, -0.05) is 13.8 Å². The van der Waals surface area contributed by atoms with Crippen LogP contribution in [0, 0.1) is 5.92 Å². The maximum atomic E-state index is 6.04. The molecule has 5 nitrogen and oxygen atoms in total. The van der Waals surface area contributed by atoms with Crippen LogP contribution >= 0.6 is 0 Å². The molecule has 3 aromatic heterocycles. The van der Waals surface area contributed by atoms with Crippen LogP contribution in [0.15, 0.2) is 48.9 Å². The molecule has 0 bridgehead atoms.